The molecule has 1 rings (SSSR count). The summed E-state index contributed by atoms with van der Waals surface area (Å²) in [6, 6.07) is 9.29. The fraction of sp³-hybridized carbons (Fsp3) is 0. The van der Waals surface area contributed by atoms with Crippen molar-refractivity contribution in [2.45, 2.75) is 0 Å². The third-order valence-corrected chi connectivity index (χ3v) is 1.64. The second-order valence-electron chi connectivity index (χ2n) is 1.99. The largest absolute Gasteiger partial charge is 0.719 e. The Labute approximate surface area is 76.5 Å². The molecule has 6 heteroatoms. The molecule has 0 N–H and O–H groups in total. The van der Waals surface area contributed by atoms with Gasteiger partial charge in [0.2, 0.25) is 0 Å². The van der Waals surface area contributed by atoms with E-state index in [1.165, 1.54) is 0 Å². The number of hydrogen-bond acceptors (Lipinski definition) is 3. The van der Waals surface area contributed by atoms with Crippen molar-refractivity contribution in [3.8, 4) is 5.75 Å². The predicted molar refractivity (Wildman–Crippen MR) is 54.4 cm³/mol. The van der Waals surface area contributed by atoms with E-state index in [4.69, 9.17) is 13.5 Å². The lowest BCUT2D eigenvalue weighted by molar-refractivity contribution is 0.349. The van der Waals surface area contributed by atoms with Gasteiger partial charge in [0.25, 0.3) is 0 Å². The fourth-order valence-corrected chi connectivity index (χ4v) is 1.07. The first-order valence-electron chi connectivity index (χ1n) is 3.29. The normalized spacial score (nSPS) is 9.50. The van der Waals surface area contributed by atoms with Crippen molar-refractivity contribution in [2.75, 3.05) is 0 Å². The maximum Gasteiger partial charge on any atom is 0.719 e. The van der Waals surface area contributed by atoms with E-state index in [0.717, 1.165) is 0 Å². The van der Waals surface area contributed by atoms with Gasteiger partial charge in [0.15, 0.2) is 0 Å². The van der Waals surface area contributed by atoms with Gasteiger partial charge in [-0.25, -0.2) is 0 Å². The van der Waals surface area contributed by atoms with Crippen molar-refractivity contribution >= 4 is 26.3 Å². The number of para-hydroxylation sites is 1. The van der Waals surface area contributed by atoms with Gasteiger partial charge in [-0.2, -0.15) is 0 Å². The second kappa shape index (κ2) is 5.50. The first-order chi connectivity index (χ1) is 5.86. The topological polar surface area (TPSA) is 27.7 Å². The molecule has 3 nitrogen and oxygen atoms in total. The zero-order valence-electron chi connectivity index (χ0n) is 6.34. The Morgan fingerprint density at radius 2 is 1.58 bits per heavy atom. The highest BCUT2D eigenvalue weighted by atomic mass is 31.0. The molecular weight excluding hydrogens is 193 g/mol. The molecule has 0 radical (unpaired) electrons. The Balaban J connectivity index is 2.51. The quantitative estimate of drug-likeness (QED) is 0.548. The summed E-state index contributed by atoms with van der Waals surface area (Å²) in [7, 11) is 3.44. The summed E-state index contributed by atoms with van der Waals surface area (Å²) in [4.78, 5) is 0. The molecule has 0 saturated heterocycles. The zero-order valence-corrected chi connectivity index (χ0v) is 8.65. The molecule has 0 aliphatic rings. The lowest BCUT2D eigenvalue weighted by Crippen LogP contribution is -2.22. The van der Waals surface area contributed by atoms with Crippen molar-refractivity contribution in [3.05, 3.63) is 30.3 Å². The van der Waals surface area contributed by atoms with Crippen LogP contribution in [-0.2, 0) is 8.88 Å². The first kappa shape index (κ1) is 9.95. The molecule has 2 unspecified atom stereocenters. The van der Waals surface area contributed by atoms with Crippen LogP contribution in [-0.4, -0.2) is 7.32 Å². The standard InChI is InChI=1S/C6H9BO3P2/c11-9-7(10-12)8-6-4-2-1-3-5-6/h1-5H,11-12H2. The molecule has 0 saturated carbocycles. The van der Waals surface area contributed by atoms with Crippen molar-refractivity contribution in [3.63, 3.8) is 0 Å². The van der Waals surface area contributed by atoms with Crippen LogP contribution in [0.4, 0.5) is 0 Å². The molecule has 0 aliphatic heterocycles. The molecule has 0 fully saturated rings. The van der Waals surface area contributed by atoms with Crippen molar-refractivity contribution < 1.29 is 13.5 Å². The van der Waals surface area contributed by atoms with Crippen LogP contribution in [0.2, 0.25) is 0 Å². The minimum Gasteiger partial charge on any atom is -0.512 e. The summed E-state index contributed by atoms with van der Waals surface area (Å²) in [5, 5.41) is 0. The molecule has 0 spiro atoms. The van der Waals surface area contributed by atoms with Crippen molar-refractivity contribution in [1.29, 1.82) is 0 Å². The monoisotopic (exact) mass is 202 g/mol. The molecule has 0 bridgehead atoms. The van der Waals surface area contributed by atoms with E-state index in [1.54, 1.807) is 0 Å². The summed E-state index contributed by atoms with van der Waals surface area (Å²) in [5.41, 5.74) is 0. The van der Waals surface area contributed by atoms with Gasteiger partial charge in [-0.1, -0.05) is 18.2 Å². The van der Waals surface area contributed by atoms with E-state index >= 15 is 0 Å². The maximum absolute atomic E-state index is 5.23. The van der Waals surface area contributed by atoms with E-state index in [0.29, 0.717) is 5.75 Å². The number of rotatable bonds is 4. The Morgan fingerprint density at radius 1 is 1.00 bits per heavy atom. The van der Waals surface area contributed by atoms with E-state index in [-0.39, 0.29) is 0 Å². The summed E-state index contributed by atoms with van der Waals surface area (Å²) in [6.45, 7) is 0. The lowest BCUT2D eigenvalue weighted by atomic mass is 10.2. The van der Waals surface area contributed by atoms with Gasteiger partial charge in [-0.15, -0.1) is 0 Å². The summed E-state index contributed by atoms with van der Waals surface area (Å²) >= 11 is 0. The van der Waals surface area contributed by atoms with Crippen molar-refractivity contribution in [2.24, 2.45) is 0 Å². The molecule has 1 aromatic carbocycles. The lowest BCUT2D eigenvalue weighted by Gasteiger charge is -2.09. The highest BCUT2D eigenvalue weighted by Crippen LogP contribution is 2.12. The molecule has 0 aliphatic carbocycles. The number of benzene rings is 1. The molecule has 0 amide bonds. The van der Waals surface area contributed by atoms with Crippen LogP contribution in [0.25, 0.3) is 0 Å². The molecular formula is C6H9BO3P2. The van der Waals surface area contributed by atoms with Crippen LogP contribution in [0.15, 0.2) is 30.3 Å². The summed E-state index contributed by atoms with van der Waals surface area (Å²) in [6.07, 6.45) is 0. The smallest absolute Gasteiger partial charge is 0.512 e. The van der Waals surface area contributed by atoms with E-state index < -0.39 is 7.32 Å². The van der Waals surface area contributed by atoms with Gasteiger partial charge >= 0.3 is 7.32 Å². The fourth-order valence-electron chi connectivity index (χ4n) is 0.698. The minimum absolute atomic E-state index is 0.701. The van der Waals surface area contributed by atoms with Crippen LogP contribution in [0, 0.1) is 0 Å². The first-order valence-corrected chi connectivity index (χ1v) is 4.24. The minimum atomic E-state index is -0.706. The van der Waals surface area contributed by atoms with E-state index in [1.807, 2.05) is 30.3 Å². The average Bonchev–Trinajstić information content (AvgIpc) is 2.16. The van der Waals surface area contributed by atoms with Gasteiger partial charge in [0.1, 0.15) is 5.75 Å². The van der Waals surface area contributed by atoms with E-state index in [9.17, 15) is 0 Å². The van der Waals surface area contributed by atoms with Crippen LogP contribution >= 0.6 is 18.9 Å². The van der Waals surface area contributed by atoms with Gasteiger partial charge in [-0.05, 0) is 31.1 Å². The third kappa shape index (κ3) is 3.08. The summed E-state index contributed by atoms with van der Waals surface area (Å²) < 4.78 is 14.7. The molecule has 0 aromatic heterocycles. The average molecular weight is 202 g/mol. The second-order valence-corrected chi connectivity index (χ2v) is 2.54. The molecule has 0 heterocycles. The predicted octanol–water partition coefficient (Wildman–Crippen LogP) is 1.66. The molecule has 64 valence electrons. The Bertz CT molecular complexity index is 217. The van der Waals surface area contributed by atoms with Crippen LogP contribution in [0.5, 0.6) is 5.75 Å². The van der Waals surface area contributed by atoms with Crippen LogP contribution in [0.3, 0.4) is 0 Å². The Morgan fingerprint density at radius 3 is 2.08 bits per heavy atom. The number of hydrogen-bond donors (Lipinski definition) is 0. The highest BCUT2D eigenvalue weighted by molar-refractivity contribution is 7.15. The SMILES string of the molecule is POB(OP)Oc1ccccc1. The molecule has 12 heavy (non-hydrogen) atoms. The maximum atomic E-state index is 5.23. The van der Waals surface area contributed by atoms with Gasteiger partial charge < -0.3 is 13.5 Å². The van der Waals surface area contributed by atoms with E-state index in [2.05, 4.69) is 18.9 Å². The van der Waals surface area contributed by atoms with Gasteiger partial charge in [0.05, 0.1) is 0 Å². The van der Waals surface area contributed by atoms with Crippen molar-refractivity contribution in [1.82, 2.24) is 0 Å². The Hall–Kier alpha value is -0.135. The zero-order chi connectivity index (χ0) is 8.81. The third-order valence-electron chi connectivity index (χ3n) is 1.20. The molecule has 2 atom stereocenters. The van der Waals surface area contributed by atoms with Crippen LogP contribution in [0.1, 0.15) is 0 Å². The van der Waals surface area contributed by atoms with Gasteiger partial charge in [0, 0.05) is 0 Å². The Kier molecular flexibility index (Phi) is 4.56. The van der Waals surface area contributed by atoms with Gasteiger partial charge in [-0.3, -0.25) is 0 Å². The van der Waals surface area contributed by atoms with Crippen LogP contribution < -0.4 is 4.65 Å². The molecule has 1 aromatic rings. The highest BCUT2D eigenvalue weighted by Gasteiger charge is 2.19. The summed E-state index contributed by atoms with van der Waals surface area (Å²) in [5.74, 6) is 0.701.